The van der Waals surface area contributed by atoms with Crippen LogP contribution in [0.4, 0.5) is 0 Å². The molecule has 6 heteroatoms. The van der Waals surface area contributed by atoms with E-state index in [2.05, 4.69) is 6.92 Å². The fourth-order valence-corrected chi connectivity index (χ4v) is 4.97. The van der Waals surface area contributed by atoms with Crippen LogP contribution in [0, 0.1) is 0 Å². The lowest BCUT2D eigenvalue weighted by Gasteiger charge is -2.21. The van der Waals surface area contributed by atoms with Gasteiger partial charge in [0, 0.05) is 45.3 Å². The van der Waals surface area contributed by atoms with E-state index in [9.17, 15) is 9.59 Å². The molecule has 0 spiro atoms. The van der Waals surface area contributed by atoms with Crippen molar-refractivity contribution in [3.63, 3.8) is 0 Å². The third-order valence-corrected chi connectivity index (χ3v) is 7.55. The molecule has 204 valence electrons. The highest BCUT2D eigenvalue weighted by atomic mass is 16.1. The molecule has 4 aliphatic rings. The van der Waals surface area contributed by atoms with Gasteiger partial charge in [-0.2, -0.15) is 0 Å². The van der Waals surface area contributed by atoms with Gasteiger partial charge in [-0.1, -0.05) is 103 Å². The normalized spacial score (nSPS) is 18.4. The molecule has 0 aromatic heterocycles. The van der Waals surface area contributed by atoms with E-state index in [1.807, 2.05) is 14.7 Å². The van der Waals surface area contributed by atoms with Crippen molar-refractivity contribution in [2.24, 2.45) is 5.73 Å². The minimum absolute atomic E-state index is 0.00546. The monoisotopic (exact) mass is 500 g/mol. The van der Waals surface area contributed by atoms with Crippen molar-refractivity contribution >= 4 is 11.6 Å². The van der Waals surface area contributed by atoms with Crippen LogP contribution in [0.25, 0.3) is 0 Å². The fraction of sp³-hybridized carbons (Fsp3) is 0.800. The summed E-state index contributed by atoms with van der Waals surface area (Å²) in [6.07, 6.45) is 24.4. The SMILES string of the molecule is CCCCCCCCCCCCCCCCCCN.O=C1C=C(N2CC2)C(=O)C(N2CC2)=C1N1CC1. The van der Waals surface area contributed by atoms with Crippen molar-refractivity contribution < 1.29 is 9.59 Å². The summed E-state index contributed by atoms with van der Waals surface area (Å²) < 4.78 is 0. The molecule has 0 aromatic carbocycles. The zero-order valence-corrected chi connectivity index (χ0v) is 23.1. The Labute approximate surface area is 220 Å². The van der Waals surface area contributed by atoms with E-state index in [1.54, 1.807) is 0 Å². The summed E-state index contributed by atoms with van der Waals surface area (Å²) in [5.41, 5.74) is 7.37. The van der Waals surface area contributed by atoms with Crippen LogP contribution in [0.1, 0.15) is 110 Å². The molecule has 1 aliphatic carbocycles. The first kappa shape index (κ1) is 28.7. The highest BCUT2D eigenvalue weighted by Gasteiger charge is 2.43. The number of nitrogens with zero attached hydrogens (tertiary/aromatic N) is 3. The molecule has 0 aromatic rings. The summed E-state index contributed by atoms with van der Waals surface area (Å²) >= 11 is 0. The highest BCUT2D eigenvalue weighted by Crippen LogP contribution is 2.33. The number of hydrogen-bond donors (Lipinski definition) is 1. The fourth-order valence-electron chi connectivity index (χ4n) is 4.97. The standard InChI is InChI=1S/C18H39N.C12H13N3O2/c1-2-3-4-5-6-7-8-9-10-11-12-13-14-15-16-17-18-19;16-9-7-8(13-1-2-13)12(17)11(15-5-6-15)10(9)14-3-4-14/h2-19H2,1H3;7H,1-6H2. The number of unbranched alkanes of at least 4 members (excludes halogenated alkanes) is 15. The average molecular weight is 501 g/mol. The molecule has 2 N–H and O–H groups in total. The van der Waals surface area contributed by atoms with Gasteiger partial charge in [-0.15, -0.1) is 0 Å². The number of carbonyl (C=O) groups is 2. The Hall–Kier alpha value is -1.82. The second-order valence-corrected chi connectivity index (χ2v) is 11.0. The molecule has 0 atom stereocenters. The Morgan fingerprint density at radius 1 is 0.583 bits per heavy atom. The van der Waals surface area contributed by atoms with Gasteiger partial charge in [0.1, 0.15) is 11.4 Å². The van der Waals surface area contributed by atoms with Crippen LogP contribution in [0.3, 0.4) is 0 Å². The molecular formula is C30H52N4O2. The molecule has 0 saturated carbocycles. The van der Waals surface area contributed by atoms with Gasteiger partial charge >= 0.3 is 0 Å². The second-order valence-electron chi connectivity index (χ2n) is 11.0. The number of nitrogens with two attached hydrogens (primary N) is 1. The minimum Gasteiger partial charge on any atom is -0.365 e. The van der Waals surface area contributed by atoms with Crippen molar-refractivity contribution in [2.75, 3.05) is 45.8 Å². The average Bonchev–Trinajstić information content (AvgIpc) is 3.71. The van der Waals surface area contributed by atoms with E-state index in [1.165, 1.54) is 109 Å². The molecule has 3 saturated heterocycles. The van der Waals surface area contributed by atoms with Gasteiger partial charge in [0.15, 0.2) is 0 Å². The molecule has 0 radical (unpaired) electrons. The van der Waals surface area contributed by atoms with E-state index in [0.717, 1.165) is 45.8 Å². The Bertz CT molecular complexity index is 732. The summed E-state index contributed by atoms with van der Waals surface area (Å²) in [6, 6.07) is 0. The maximum absolute atomic E-state index is 12.4. The molecule has 3 fully saturated rings. The van der Waals surface area contributed by atoms with E-state index in [0.29, 0.717) is 17.1 Å². The van der Waals surface area contributed by atoms with Crippen molar-refractivity contribution in [3.8, 4) is 0 Å². The van der Waals surface area contributed by atoms with Crippen LogP contribution < -0.4 is 5.73 Å². The maximum atomic E-state index is 12.4. The second kappa shape index (κ2) is 16.1. The summed E-state index contributed by atoms with van der Waals surface area (Å²) in [7, 11) is 0. The first-order valence-electron chi connectivity index (χ1n) is 15.2. The van der Waals surface area contributed by atoms with Crippen LogP contribution in [0.2, 0.25) is 0 Å². The molecule has 0 amide bonds. The first-order valence-corrected chi connectivity index (χ1v) is 15.2. The topological polar surface area (TPSA) is 69.2 Å². The van der Waals surface area contributed by atoms with Crippen molar-refractivity contribution in [2.45, 2.75) is 110 Å². The van der Waals surface area contributed by atoms with Crippen LogP contribution in [-0.2, 0) is 9.59 Å². The molecule has 36 heavy (non-hydrogen) atoms. The smallest absolute Gasteiger partial charge is 0.227 e. The van der Waals surface area contributed by atoms with Gasteiger partial charge in [-0.3, -0.25) is 9.59 Å². The van der Waals surface area contributed by atoms with Crippen LogP contribution in [0.15, 0.2) is 23.2 Å². The number of carbonyl (C=O) groups excluding carboxylic acids is 2. The predicted molar refractivity (Wildman–Crippen MR) is 148 cm³/mol. The van der Waals surface area contributed by atoms with Crippen LogP contribution >= 0.6 is 0 Å². The lowest BCUT2D eigenvalue weighted by atomic mass is 10.0. The number of allylic oxidation sites excluding steroid dienone is 1. The summed E-state index contributed by atoms with van der Waals surface area (Å²) in [5, 5.41) is 0. The number of Topliss-reactive ketones (excluding diaryl/α,β-unsaturated/α-hetero) is 1. The number of hydrogen-bond acceptors (Lipinski definition) is 6. The quantitative estimate of drug-likeness (QED) is 0.146. The molecule has 0 unspecified atom stereocenters. The Morgan fingerprint density at radius 2 is 0.972 bits per heavy atom. The summed E-state index contributed by atoms with van der Waals surface area (Å²) in [5.74, 6) is 0.0485. The van der Waals surface area contributed by atoms with Gasteiger partial charge in [0.25, 0.3) is 0 Å². The molecule has 4 rings (SSSR count). The van der Waals surface area contributed by atoms with Gasteiger partial charge in [-0.25, -0.2) is 0 Å². The van der Waals surface area contributed by atoms with E-state index < -0.39 is 0 Å². The van der Waals surface area contributed by atoms with Crippen molar-refractivity contribution in [1.82, 2.24) is 14.7 Å². The minimum atomic E-state index is 0.00546. The third-order valence-electron chi connectivity index (χ3n) is 7.55. The Morgan fingerprint density at radius 3 is 1.36 bits per heavy atom. The molecule has 3 aliphatic heterocycles. The highest BCUT2D eigenvalue weighted by molar-refractivity contribution is 6.22. The third kappa shape index (κ3) is 10.3. The predicted octanol–water partition coefficient (Wildman–Crippen LogP) is 5.39. The maximum Gasteiger partial charge on any atom is 0.227 e. The lowest BCUT2D eigenvalue weighted by molar-refractivity contribution is -0.117. The van der Waals surface area contributed by atoms with Crippen LogP contribution in [-0.4, -0.2) is 72.1 Å². The van der Waals surface area contributed by atoms with E-state index >= 15 is 0 Å². The van der Waals surface area contributed by atoms with Crippen molar-refractivity contribution in [1.29, 1.82) is 0 Å². The van der Waals surface area contributed by atoms with Gasteiger partial charge in [0.05, 0.1) is 5.70 Å². The molecule has 0 bridgehead atoms. The van der Waals surface area contributed by atoms with E-state index in [-0.39, 0.29) is 11.6 Å². The molecule has 6 nitrogen and oxygen atoms in total. The van der Waals surface area contributed by atoms with Crippen LogP contribution in [0.5, 0.6) is 0 Å². The largest absolute Gasteiger partial charge is 0.365 e. The van der Waals surface area contributed by atoms with Crippen molar-refractivity contribution in [3.05, 3.63) is 23.2 Å². The van der Waals surface area contributed by atoms with Gasteiger partial charge < -0.3 is 20.4 Å². The molecular weight excluding hydrogens is 448 g/mol. The van der Waals surface area contributed by atoms with Gasteiger partial charge in [0.2, 0.25) is 11.6 Å². The lowest BCUT2D eigenvalue weighted by Crippen LogP contribution is -2.29. The van der Waals surface area contributed by atoms with Gasteiger partial charge in [-0.05, 0) is 13.0 Å². The number of rotatable bonds is 19. The molecule has 3 heterocycles. The number of ketones is 2. The Kier molecular flexibility index (Phi) is 12.9. The van der Waals surface area contributed by atoms with E-state index in [4.69, 9.17) is 5.73 Å². The first-order chi connectivity index (χ1) is 17.7. The summed E-state index contributed by atoms with van der Waals surface area (Å²) in [6.45, 7) is 8.57. The summed E-state index contributed by atoms with van der Waals surface area (Å²) in [4.78, 5) is 30.5. The zero-order valence-electron chi connectivity index (χ0n) is 23.1. The zero-order chi connectivity index (χ0) is 25.6. The Balaban J connectivity index is 0.000000201.